The number of nitrogens with one attached hydrogen (secondary N) is 4. The van der Waals surface area contributed by atoms with Crippen LogP contribution in [0.25, 0.3) is 21.8 Å². The number of likely N-dealkylation sites (tertiary alicyclic amines) is 2. The molecule has 68 heavy (non-hydrogen) atoms. The SMILES string of the molecule is COC(=O)N[C@@H](C(=O)N1CCC[C@H]1C(=O)Nc1ccc2c3ccc(NC(=O)[C@@H]4CCCN4C(=O)[C@H](NC(=O)OC)c4ccccc4)cc3n(Cc3ccccc3C(F)(F)F)c2c1)c1ccccc1. The number of hydrogen-bond donors (Lipinski definition) is 4. The summed E-state index contributed by atoms with van der Waals surface area (Å²) in [6, 6.07) is 28.5. The predicted octanol–water partition coefficient (Wildman–Crippen LogP) is 7.92. The maximum atomic E-state index is 14.4. The van der Waals surface area contributed by atoms with Crippen LogP contribution in [0.4, 0.5) is 34.1 Å². The molecule has 0 saturated carbocycles. The molecule has 2 aliphatic rings. The number of aromatic nitrogens is 1. The fraction of sp³-hybridized carbons (Fsp3) is 0.280. The molecule has 0 unspecified atom stereocenters. The van der Waals surface area contributed by atoms with Crippen LogP contribution in [-0.2, 0) is 41.4 Å². The molecule has 6 aromatic rings. The maximum absolute atomic E-state index is 14.4. The van der Waals surface area contributed by atoms with E-state index in [1.54, 1.807) is 102 Å². The molecule has 18 heteroatoms. The number of carbonyl (C=O) groups excluding carboxylic acids is 6. The lowest BCUT2D eigenvalue weighted by Crippen LogP contribution is -2.48. The summed E-state index contributed by atoms with van der Waals surface area (Å²) in [6.07, 6.45) is -4.59. The fourth-order valence-electron chi connectivity index (χ4n) is 9.13. The van der Waals surface area contributed by atoms with Gasteiger partial charge in [-0.15, -0.1) is 0 Å². The van der Waals surface area contributed by atoms with Crippen molar-refractivity contribution in [3.8, 4) is 0 Å². The molecule has 2 aliphatic heterocycles. The van der Waals surface area contributed by atoms with Crippen molar-refractivity contribution in [2.24, 2.45) is 0 Å². The van der Waals surface area contributed by atoms with Gasteiger partial charge in [0.25, 0.3) is 11.8 Å². The number of fused-ring (bicyclic) bond motifs is 3. The van der Waals surface area contributed by atoms with Crippen LogP contribution in [0.2, 0.25) is 0 Å². The zero-order valence-corrected chi connectivity index (χ0v) is 37.0. The molecule has 1 aromatic heterocycles. The first-order valence-corrected chi connectivity index (χ1v) is 22.0. The minimum absolute atomic E-state index is 0.0232. The number of amides is 6. The standard InChI is InChI=1S/C50H48F3N7O8/c1-67-48(65)56-42(30-13-5-3-6-14-30)46(63)58-25-11-19-38(58)44(61)54-33-21-23-35-36-24-22-34(28-41(36)60(40(35)27-33)29-32-17-9-10-18-37(32)50(51,52)53)55-45(62)39-20-12-26-59(39)47(64)43(57-49(66)68-2)31-15-7-4-8-16-31/h3-10,13-18,21-24,27-28,38-39,42-43H,11-12,19-20,25-26,29H2,1-2H3,(H,54,61)(H,55,62)(H,56,65)(H,57,66)/t38-,39-,42+,43+/m0/s1. The Hall–Kier alpha value is -7.89. The number of alkyl carbamates (subject to hydrolysis) is 2. The topological polar surface area (TPSA) is 180 Å². The molecular weight excluding hydrogens is 884 g/mol. The highest BCUT2D eigenvalue weighted by Crippen LogP contribution is 2.37. The zero-order valence-electron chi connectivity index (χ0n) is 37.0. The number of hydrogen-bond acceptors (Lipinski definition) is 8. The molecule has 15 nitrogen and oxygen atoms in total. The summed E-state index contributed by atoms with van der Waals surface area (Å²) in [7, 11) is 2.37. The Bertz CT molecular complexity index is 2710. The molecule has 8 rings (SSSR count). The number of anilines is 2. The Kier molecular flexibility index (Phi) is 13.7. The average Bonchev–Trinajstić information content (AvgIpc) is 4.11. The first-order valence-electron chi connectivity index (χ1n) is 22.0. The second-order valence-electron chi connectivity index (χ2n) is 16.5. The predicted molar refractivity (Wildman–Crippen MR) is 246 cm³/mol. The second-order valence-corrected chi connectivity index (χ2v) is 16.5. The number of methoxy groups -OCH3 is 2. The van der Waals surface area contributed by atoms with Crippen molar-refractivity contribution in [1.82, 2.24) is 25.0 Å². The molecule has 4 atom stereocenters. The Balaban J connectivity index is 1.10. The van der Waals surface area contributed by atoms with E-state index in [1.807, 2.05) is 0 Å². The summed E-state index contributed by atoms with van der Waals surface area (Å²) >= 11 is 0. The Morgan fingerprint density at radius 3 is 1.46 bits per heavy atom. The van der Waals surface area contributed by atoms with E-state index in [1.165, 1.54) is 42.2 Å². The molecule has 0 spiro atoms. The van der Waals surface area contributed by atoms with Gasteiger partial charge in [-0.3, -0.25) is 19.2 Å². The van der Waals surface area contributed by atoms with E-state index in [0.29, 0.717) is 70.0 Å². The molecule has 4 N–H and O–H groups in total. The summed E-state index contributed by atoms with van der Waals surface area (Å²) < 4.78 is 54.5. The van der Waals surface area contributed by atoms with E-state index >= 15 is 0 Å². The summed E-state index contributed by atoms with van der Waals surface area (Å²) in [5.74, 6) is -1.99. The normalized spacial score (nSPS) is 16.8. The first kappa shape index (κ1) is 46.6. The molecule has 6 amide bonds. The number of nitrogens with zero attached hydrogens (tertiary/aromatic N) is 3. The van der Waals surface area contributed by atoms with E-state index in [9.17, 15) is 41.9 Å². The number of alkyl halides is 3. The van der Waals surface area contributed by atoms with Crippen LogP contribution < -0.4 is 21.3 Å². The Morgan fingerprint density at radius 2 is 1.03 bits per heavy atom. The Labute approximate surface area is 388 Å². The fourth-order valence-corrected chi connectivity index (χ4v) is 9.13. The minimum Gasteiger partial charge on any atom is -0.453 e. The molecule has 0 bridgehead atoms. The van der Waals surface area contributed by atoms with Crippen LogP contribution in [-0.4, -0.2) is 89.6 Å². The van der Waals surface area contributed by atoms with Gasteiger partial charge in [0.05, 0.1) is 30.8 Å². The van der Waals surface area contributed by atoms with Crippen molar-refractivity contribution in [3.63, 3.8) is 0 Å². The average molecular weight is 932 g/mol. The van der Waals surface area contributed by atoms with Crippen LogP contribution in [0.15, 0.2) is 121 Å². The van der Waals surface area contributed by atoms with Gasteiger partial charge in [0.1, 0.15) is 24.2 Å². The molecule has 2 fully saturated rings. The number of ether oxygens (including phenoxy) is 2. The molecule has 0 aliphatic carbocycles. The smallest absolute Gasteiger partial charge is 0.416 e. The third-order valence-electron chi connectivity index (χ3n) is 12.4. The van der Waals surface area contributed by atoms with Gasteiger partial charge >= 0.3 is 18.4 Å². The van der Waals surface area contributed by atoms with E-state index in [-0.39, 0.29) is 25.2 Å². The Morgan fingerprint density at radius 1 is 0.603 bits per heavy atom. The first-order chi connectivity index (χ1) is 32.7. The molecule has 2 saturated heterocycles. The number of halogens is 3. The van der Waals surface area contributed by atoms with Crippen molar-refractivity contribution in [2.45, 2.75) is 62.6 Å². The molecule has 352 valence electrons. The zero-order chi connectivity index (χ0) is 48.1. The highest BCUT2D eigenvalue weighted by atomic mass is 19.4. The highest BCUT2D eigenvalue weighted by molar-refractivity contribution is 6.11. The van der Waals surface area contributed by atoms with Gasteiger partial charge in [-0.1, -0.05) is 91.0 Å². The van der Waals surface area contributed by atoms with Crippen LogP contribution in [0.5, 0.6) is 0 Å². The third kappa shape index (κ3) is 9.79. The van der Waals surface area contributed by atoms with Crippen molar-refractivity contribution < 1.29 is 51.4 Å². The summed E-state index contributed by atoms with van der Waals surface area (Å²) in [5, 5.41) is 12.3. The highest BCUT2D eigenvalue weighted by Gasteiger charge is 2.40. The quantitative estimate of drug-likeness (QED) is 0.0956. The maximum Gasteiger partial charge on any atom is 0.416 e. The minimum atomic E-state index is -4.67. The lowest BCUT2D eigenvalue weighted by Gasteiger charge is -2.28. The summed E-state index contributed by atoms with van der Waals surface area (Å²) in [4.78, 5) is 83.7. The van der Waals surface area contributed by atoms with E-state index in [4.69, 9.17) is 9.47 Å². The van der Waals surface area contributed by atoms with Gasteiger partial charge in [0.15, 0.2) is 0 Å². The van der Waals surface area contributed by atoms with Crippen LogP contribution in [0.1, 0.15) is 60.0 Å². The molecular formula is C50H48F3N7O8. The van der Waals surface area contributed by atoms with Crippen molar-refractivity contribution in [3.05, 3.63) is 144 Å². The summed E-state index contributed by atoms with van der Waals surface area (Å²) in [6.45, 7) is 0.260. The van der Waals surface area contributed by atoms with Gasteiger partial charge in [0, 0.05) is 41.8 Å². The van der Waals surface area contributed by atoms with Crippen molar-refractivity contribution in [1.29, 1.82) is 0 Å². The number of carbonyl (C=O) groups is 6. The second kappa shape index (κ2) is 19.9. The number of rotatable bonds is 12. The van der Waals surface area contributed by atoms with E-state index < -0.39 is 71.7 Å². The van der Waals surface area contributed by atoms with Gasteiger partial charge in [-0.2, -0.15) is 13.2 Å². The molecule has 3 heterocycles. The monoisotopic (exact) mass is 931 g/mol. The van der Waals surface area contributed by atoms with E-state index in [0.717, 1.165) is 6.07 Å². The summed E-state index contributed by atoms with van der Waals surface area (Å²) in [5.41, 5.74) is 1.73. The lowest BCUT2D eigenvalue weighted by atomic mass is 10.0. The van der Waals surface area contributed by atoms with Crippen molar-refractivity contribution in [2.75, 3.05) is 37.9 Å². The van der Waals surface area contributed by atoms with Crippen LogP contribution in [0, 0.1) is 0 Å². The van der Waals surface area contributed by atoms with Crippen LogP contribution >= 0.6 is 0 Å². The largest absolute Gasteiger partial charge is 0.453 e. The number of benzene rings is 5. The third-order valence-corrected chi connectivity index (χ3v) is 12.4. The van der Waals surface area contributed by atoms with Gasteiger partial charge < -0.3 is 45.1 Å². The van der Waals surface area contributed by atoms with Gasteiger partial charge in [0.2, 0.25) is 11.8 Å². The van der Waals surface area contributed by atoms with Gasteiger partial charge in [-0.05, 0) is 72.7 Å². The molecule has 0 radical (unpaired) electrons. The van der Waals surface area contributed by atoms with Crippen LogP contribution in [0.3, 0.4) is 0 Å². The lowest BCUT2D eigenvalue weighted by molar-refractivity contribution is -0.138. The molecule has 5 aromatic carbocycles. The van der Waals surface area contributed by atoms with E-state index in [2.05, 4.69) is 21.3 Å². The van der Waals surface area contributed by atoms with Gasteiger partial charge in [-0.25, -0.2) is 9.59 Å². The van der Waals surface area contributed by atoms with Crippen molar-refractivity contribution >= 4 is 69.0 Å².